The van der Waals surface area contributed by atoms with Crippen molar-refractivity contribution in [2.45, 2.75) is 65.1 Å². The summed E-state index contributed by atoms with van der Waals surface area (Å²) in [7, 11) is 0. The van der Waals surface area contributed by atoms with E-state index in [2.05, 4.69) is 20.8 Å². The van der Waals surface area contributed by atoms with Gasteiger partial charge in [-0.25, -0.2) is 0 Å². The Morgan fingerprint density at radius 1 is 1.00 bits per heavy atom. The monoisotopic (exact) mass is 238 g/mol. The molecule has 17 heavy (non-hydrogen) atoms. The second-order valence-corrected chi connectivity index (χ2v) is 8.05. The summed E-state index contributed by atoms with van der Waals surface area (Å²) in [5.74, 6) is 1.70. The molecule has 0 aromatic heterocycles. The average molecular weight is 238 g/mol. The summed E-state index contributed by atoms with van der Waals surface area (Å²) in [6.45, 7) is 8.89. The Hall–Kier alpha value is -0.0800. The molecule has 0 heterocycles. The van der Waals surface area contributed by atoms with E-state index in [-0.39, 0.29) is 11.5 Å². The van der Waals surface area contributed by atoms with Gasteiger partial charge in [-0.15, -0.1) is 0 Å². The molecule has 0 saturated heterocycles. The minimum atomic E-state index is -0.564. The van der Waals surface area contributed by atoms with Gasteiger partial charge in [-0.1, -0.05) is 20.8 Å². The Morgan fingerprint density at radius 2 is 1.65 bits per heavy atom. The van der Waals surface area contributed by atoms with Crippen LogP contribution in [0.5, 0.6) is 0 Å². The highest BCUT2D eigenvalue weighted by molar-refractivity contribution is 5.17. The molecule has 2 N–H and O–H groups in total. The third-order valence-corrected chi connectivity index (χ3v) is 6.35. The van der Waals surface area contributed by atoms with E-state index < -0.39 is 5.60 Å². The van der Waals surface area contributed by atoms with E-state index in [9.17, 15) is 10.2 Å². The zero-order valence-electron chi connectivity index (χ0n) is 11.5. The number of hydrogen-bond donors (Lipinski definition) is 2. The van der Waals surface area contributed by atoms with E-state index >= 15 is 0 Å². The molecule has 3 aliphatic carbocycles. The van der Waals surface area contributed by atoms with Crippen molar-refractivity contribution >= 4 is 0 Å². The fraction of sp³-hybridized carbons (Fsp3) is 1.00. The number of hydrogen-bond acceptors (Lipinski definition) is 2. The summed E-state index contributed by atoms with van der Waals surface area (Å²) in [6.07, 6.45) is 3.62. The normalized spacial score (nSPS) is 60.4. The molecule has 0 aromatic rings. The highest BCUT2D eigenvalue weighted by Gasteiger charge is 2.68. The first kappa shape index (κ1) is 12.0. The lowest BCUT2D eigenvalue weighted by Gasteiger charge is -2.59. The molecule has 6 atom stereocenters. The van der Waals surface area contributed by atoms with Gasteiger partial charge < -0.3 is 10.2 Å². The predicted octanol–water partition coefficient (Wildman–Crippen LogP) is 2.58. The fourth-order valence-corrected chi connectivity index (χ4v) is 4.93. The van der Waals surface area contributed by atoms with Crippen molar-refractivity contribution in [3.05, 3.63) is 0 Å². The van der Waals surface area contributed by atoms with Crippen molar-refractivity contribution in [1.29, 1.82) is 0 Å². The number of fused-ring (bicyclic) bond motifs is 3. The fourth-order valence-electron chi connectivity index (χ4n) is 4.93. The van der Waals surface area contributed by atoms with Crippen molar-refractivity contribution in [2.24, 2.45) is 28.6 Å². The minimum absolute atomic E-state index is 0.150. The first-order chi connectivity index (χ1) is 7.68. The summed E-state index contributed by atoms with van der Waals surface area (Å²) >= 11 is 0. The maximum absolute atomic E-state index is 10.6. The standard InChI is InChI=1S/C15H26O2/c1-13(2)7-10-12(13)9-8-14(9,3)11(16)5-6-15(10,4)17/h9-12,16-17H,5-8H2,1-4H3/t9-,10-,11-,12+,14-,15-/m0/s1. The van der Waals surface area contributed by atoms with Gasteiger partial charge in [0.25, 0.3) is 0 Å². The van der Waals surface area contributed by atoms with Gasteiger partial charge >= 0.3 is 0 Å². The van der Waals surface area contributed by atoms with Crippen molar-refractivity contribution in [3.63, 3.8) is 0 Å². The molecule has 0 aliphatic heterocycles. The lowest BCUT2D eigenvalue weighted by atomic mass is 9.48. The van der Waals surface area contributed by atoms with E-state index in [1.54, 1.807) is 0 Å². The van der Waals surface area contributed by atoms with Crippen LogP contribution in [0.25, 0.3) is 0 Å². The Kier molecular flexibility index (Phi) is 2.17. The molecular weight excluding hydrogens is 212 g/mol. The molecule has 0 radical (unpaired) electrons. The van der Waals surface area contributed by atoms with Crippen LogP contribution >= 0.6 is 0 Å². The van der Waals surface area contributed by atoms with Crippen LogP contribution in [-0.2, 0) is 0 Å². The molecule has 0 spiro atoms. The number of aliphatic hydroxyl groups excluding tert-OH is 1. The second-order valence-electron chi connectivity index (χ2n) is 8.05. The van der Waals surface area contributed by atoms with Gasteiger partial charge in [-0.3, -0.25) is 0 Å². The highest BCUT2D eigenvalue weighted by atomic mass is 16.3. The van der Waals surface area contributed by atoms with Crippen molar-refractivity contribution in [2.75, 3.05) is 0 Å². The molecule has 2 heteroatoms. The lowest BCUT2D eigenvalue weighted by molar-refractivity contribution is -0.167. The maximum atomic E-state index is 10.6. The SMILES string of the molecule is CC1(C)C[C@H]2[C@H]1[C@@H]1C[C@]1(C)[C@@H](O)CC[C@]2(C)O. The summed E-state index contributed by atoms with van der Waals surface area (Å²) in [4.78, 5) is 0. The summed E-state index contributed by atoms with van der Waals surface area (Å²) in [6, 6.07) is 0. The third-order valence-electron chi connectivity index (χ3n) is 6.35. The van der Waals surface area contributed by atoms with Crippen molar-refractivity contribution in [3.8, 4) is 0 Å². The summed E-state index contributed by atoms with van der Waals surface area (Å²) in [5.41, 5.74) is -0.0592. The van der Waals surface area contributed by atoms with E-state index in [0.29, 0.717) is 23.2 Å². The quantitative estimate of drug-likeness (QED) is 0.681. The molecule has 98 valence electrons. The van der Waals surface area contributed by atoms with Gasteiger partial charge in [0.05, 0.1) is 11.7 Å². The zero-order valence-corrected chi connectivity index (χ0v) is 11.5. The molecule has 0 bridgehead atoms. The van der Waals surface area contributed by atoms with E-state index in [4.69, 9.17) is 0 Å². The Morgan fingerprint density at radius 3 is 2.24 bits per heavy atom. The Bertz CT molecular complexity index is 347. The van der Waals surface area contributed by atoms with Gasteiger partial charge in [0.1, 0.15) is 0 Å². The maximum Gasteiger partial charge on any atom is 0.0651 e. The van der Waals surface area contributed by atoms with Crippen LogP contribution in [0.4, 0.5) is 0 Å². The molecular formula is C15H26O2. The average Bonchev–Trinajstić information content (AvgIpc) is 2.83. The van der Waals surface area contributed by atoms with Crippen LogP contribution in [0.3, 0.4) is 0 Å². The first-order valence-corrected chi connectivity index (χ1v) is 7.09. The third kappa shape index (κ3) is 1.46. The molecule has 0 unspecified atom stereocenters. The van der Waals surface area contributed by atoms with Crippen molar-refractivity contribution < 1.29 is 10.2 Å². The molecule has 0 aromatic carbocycles. The smallest absolute Gasteiger partial charge is 0.0651 e. The Labute approximate surface area is 104 Å². The van der Waals surface area contributed by atoms with Crippen LogP contribution in [-0.4, -0.2) is 21.9 Å². The lowest BCUT2D eigenvalue weighted by Crippen LogP contribution is -2.57. The minimum Gasteiger partial charge on any atom is -0.393 e. The van der Waals surface area contributed by atoms with Crippen LogP contribution in [0.1, 0.15) is 53.4 Å². The number of aliphatic hydroxyl groups is 2. The topological polar surface area (TPSA) is 40.5 Å². The summed E-state index contributed by atoms with van der Waals surface area (Å²) < 4.78 is 0. The van der Waals surface area contributed by atoms with Crippen molar-refractivity contribution in [1.82, 2.24) is 0 Å². The molecule has 3 saturated carbocycles. The van der Waals surface area contributed by atoms with Crippen LogP contribution in [0.15, 0.2) is 0 Å². The summed E-state index contributed by atoms with van der Waals surface area (Å²) in [5, 5.41) is 20.9. The second kappa shape index (κ2) is 3.08. The van der Waals surface area contributed by atoms with Gasteiger partial charge in [-0.2, -0.15) is 0 Å². The zero-order chi connectivity index (χ0) is 12.6. The van der Waals surface area contributed by atoms with Crippen LogP contribution in [0.2, 0.25) is 0 Å². The highest BCUT2D eigenvalue weighted by Crippen LogP contribution is 2.72. The van der Waals surface area contributed by atoms with Gasteiger partial charge in [0.15, 0.2) is 0 Å². The molecule has 3 fully saturated rings. The largest absolute Gasteiger partial charge is 0.393 e. The molecule has 2 nitrogen and oxygen atoms in total. The predicted molar refractivity (Wildman–Crippen MR) is 67.5 cm³/mol. The van der Waals surface area contributed by atoms with E-state index in [0.717, 1.165) is 25.7 Å². The van der Waals surface area contributed by atoms with Gasteiger partial charge in [-0.05, 0) is 61.2 Å². The van der Waals surface area contributed by atoms with Crippen LogP contribution < -0.4 is 0 Å². The number of rotatable bonds is 0. The molecule has 3 rings (SSSR count). The van der Waals surface area contributed by atoms with E-state index in [1.165, 1.54) is 0 Å². The van der Waals surface area contributed by atoms with E-state index in [1.807, 2.05) is 6.92 Å². The van der Waals surface area contributed by atoms with Crippen LogP contribution in [0, 0.1) is 28.6 Å². The van der Waals surface area contributed by atoms with Gasteiger partial charge in [0, 0.05) is 0 Å². The molecule has 3 aliphatic rings. The molecule has 0 amide bonds. The Balaban J connectivity index is 1.92. The van der Waals surface area contributed by atoms with Gasteiger partial charge in [0.2, 0.25) is 0 Å². The first-order valence-electron chi connectivity index (χ1n) is 7.09.